The normalized spacial score (nSPS) is 11.4. The molecule has 4 rings (SSSR count). The van der Waals surface area contributed by atoms with Gasteiger partial charge in [-0.15, -0.1) is 11.3 Å². The topological polar surface area (TPSA) is 33.1 Å². The molecule has 0 saturated heterocycles. The van der Waals surface area contributed by atoms with Crippen LogP contribution in [-0.4, -0.2) is 10.1 Å². The molecule has 4 aromatic rings. The third kappa shape index (κ3) is 3.47. The number of phenols is 1. The monoisotopic (exact) mass is 343 g/mol. The first kappa shape index (κ1) is 15.6. The summed E-state index contributed by atoms with van der Waals surface area (Å²) >= 11 is 1.73. The summed E-state index contributed by atoms with van der Waals surface area (Å²) in [6.45, 7) is 2.10. The van der Waals surface area contributed by atoms with Crippen molar-refractivity contribution in [2.45, 2.75) is 6.92 Å². The van der Waals surface area contributed by atoms with Crippen LogP contribution in [0.5, 0.6) is 5.75 Å². The third-order valence-electron chi connectivity index (χ3n) is 4.04. The smallest absolute Gasteiger partial charge is 0.124 e. The quantitative estimate of drug-likeness (QED) is 0.453. The van der Waals surface area contributed by atoms with Crippen LogP contribution in [0.4, 0.5) is 0 Å². The maximum atomic E-state index is 9.51. The highest BCUT2D eigenvalue weighted by Crippen LogP contribution is 2.31. The van der Waals surface area contributed by atoms with Crippen LogP contribution in [0.2, 0.25) is 0 Å². The number of hydrogen-bond acceptors (Lipinski definition) is 3. The number of aromatic hydroxyl groups is 1. The number of thiazole rings is 1. The average Bonchev–Trinajstić information content (AvgIpc) is 3.03. The Balaban J connectivity index is 1.58. The van der Waals surface area contributed by atoms with Crippen molar-refractivity contribution in [3.05, 3.63) is 83.4 Å². The van der Waals surface area contributed by atoms with Crippen LogP contribution in [-0.2, 0) is 0 Å². The van der Waals surface area contributed by atoms with Crippen molar-refractivity contribution in [2.24, 2.45) is 0 Å². The number of rotatable bonds is 3. The summed E-state index contributed by atoms with van der Waals surface area (Å²) in [6.07, 6.45) is 4.04. The second kappa shape index (κ2) is 6.54. The lowest BCUT2D eigenvalue weighted by molar-refractivity contribution is 0.475. The van der Waals surface area contributed by atoms with Crippen molar-refractivity contribution in [2.75, 3.05) is 0 Å². The molecule has 0 radical (unpaired) electrons. The molecule has 0 spiro atoms. The van der Waals surface area contributed by atoms with Crippen LogP contribution >= 0.6 is 11.3 Å². The van der Waals surface area contributed by atoms with Gasteiger partial charge >= 0.3 is 0 Å². The summed E-state index contributed by atoms with van der Waals surface area (Å²) in [5, 5.41) is 10.6. The van der Waals surface area contributed by atoms with Gasteiger partial charge in [0.2, 0.25) is 0 Å². The fourth-order valence-electron chi connectivity index (χ4n) is 2.71. The van der Waals surface area contributed by atoms with E-state index in [-0.39, 0.29) is 5.75 Å². The van der Waals surface area contributed by atoms with Gasteiger partial charge in [0, 0.05) is 5.56 Å². The Kier molecular flexibility index (Phi) is 4.08. The molecule has 3 heteroatoms. The summed E-state index contributed by atoms with van der Waals surface area (Å²) in [7, 11) is 0. The molecule has 0 saturated carbocycles. The van der Waals surface area contributed by atoms with Gasteiger partial charge in [-0.05, 0) is 47.9 Å². The van der Waals surface area contributed by atoms with Gasteiger partial charge in [0.05, 0.1) is 10.2 Å². The molecule has 0 fully saturated rings. The van der Waals surface area contributed by atoms with E-state index < -0.39 is 0 Å². The van der Waals surface area contributed by atoms with Gasteiger partial charge in [0.15, 0.2) is 0 Å². The van der Waals surface area contributed by atoms with E-state index in [1.807, 2.05) is 24.3 Å². The number of phenolic OH excluding ortho intramolecular Hbond substituents is 1. The zero-order valence-corrected chi connectivity index (χ0v) is 14.6. The van der Waals surface area contributed by atoms with E-state index in [0.717, 1.165) is 27.2 Å². The first-order valence-corrected chi connectivity index (χ1v) is 8.94. The Morgan fingerprint density at radius 1 is 0.880 bits per heavy atom. The van der Waals surface area contributed by atoms with Gasteiger partial charge in [-0.2, -0.15) is 0 Å². The predicted molar refractivity (Wildman–Crippen MR) is 107 cm³/mol. The van der Waals surface area contributed by atoms with E-state index in [4.69, 9.17) is 4.98 Å². The second-order valence-corrected chi connectivity index (χ2v) is 7.07. The molecular formula is C22H17NOS. The summed E-state index contributed by atoms with van der Waals surface area (Å²) in [5.41, 5.74) is 5.54. The molecule has 0 amide bonds. The zero-order chi connectivity index (χ0) is 17.2. The van der Waals surface area contributed by atoms with Crippen LogP contribution in [0.15, 0.2) is 66.7 Å². The van der Waals surface area contributed by atoms with Gasteiger partial charge in [-0.3, -0.25) is 0 Å². The Hall–Kier alpha value is -2.91. The van der Waals surface area contributed by atoms with Crippen molar-refractivity contribution in [1.29, 1.82) is 0 Å². The molecule has 0 aliphatic carbocycles. The minimum Gasteiger partial charge on any atom is -0.508 e. The van der Waals surface area contributed by atoms with Gasteiger partial charge in [-0.1, -0.05) is 54.6 Å². The van der Waals surface area contributed by atoms with Crippen LogP contribution in [0.1, 0.15) is 16.7 Å². The summed E-state index contributed by atoms with van der Waals surface area (Å²) in [5.74, 6) is 0.281. The zero-order valence-electron chi connectivity index (χ0n) is 13.8. The molecule has 0 aliphatic heterocycles. The fourth-order valence-corrected chi connectivity index (χ4v) is 3.78. The lowest BCUT2D eigenvalue weighted by atomic mass is 10.1. The van der Waals surface area contributed by atoms with Crippen molar-refractivity contribution < 1.29 is 5.11 Å². The first-order valence-electron chi connectivity index (χ1n) is 8.12. The number of benzene rings is 3. The second-order valence-electron chi connectivity index (χ2n) is 6.04. The van der Waals surface area contributed by atoms with Crippen LogP contribution < -0.4 is 0 Å². The molecular weight excluding hydrogens is 326 g/mol. The molecule has 2 nitrogen and oxygen atoms in total. The maximum absolute atomic E-state index is 9.51. The summed E-state index contributed by atoms with van der Waals surface area (Å²) in [6, 6.07) is 22.0. The Labute approximate surface area is 150 Å². The van der Waals surface area contributed by atoms with Crippen molar-refractivity contribution in [3.8, 4) is 16.3 Å². The van der Waals surface area contributed by atoms with Crippen molar-refractivity contribution in [3.63, 3.8) is 0 Å². The maximum Gasteiger partial charge on any atom is 0.124 e. The molecule has 3 aromatic carbocycles. The average molecular weight is 343 g/mol. The van der Waals surface area contributed by atoms with E-state index >= 15 is 0 Å². The largest absolute Gasteiger partial charge is 0.508 e. The third-order valence-corrected chi connectivity index (χ3v) is 5.11. The fraction of sp³-hybridized carbons (Fsp3) is 0.0455. The van der Waals surface area contributed by atoms with E-state index in [1.54, 1.807) is 23.5 Å². The molecule has 0 unspecified atom stereocenters. The number of nitrogens with zero attached hydrogens (tertiary/aromatic N) is 1. The molecule has 0 bridgehead atoms. The minimum atomic E-state index is 0.281. The lowest BCUT2D eigenvalue weighted by Crippen LogP contribution is -1.77. The lowest BCUT2D eigenvalue weighted by Gasteiger charge is -1.98. The molecule has 25 heavy (non-hydrogen) atoms. The highest BCUT2D eigenvalue weighted by molar-refractivity contribution is 7.21. The molecule has 0 aliphatic rings. The van der Waals surface area contributed by atoms with Crippen molar-refractivity contribution in [1.82, 2.24) is 4.98 Å². The SMILES string of the molecule is Cc1ccc2nc(-c3ccc(/C=C/c4cccc(O)c4)cc3)sc2c1. The minimum absolute atomic E-state index is 0.281. The van der Waals surface area contributed by atoms with E-state index in [9.17, 15) is 5.11 Å². The van der Waals surface area contributed by atoms with Gasteiger partial charge in [-0.25, -0.2) is 4.98 Å². The van der Waals surface area contributed by atoms with Crippen LogP contribution in [0.3, 0.4) is 0 Å². The molecule has 1 heterocycles. The highest BCUT2D eigenvalue weighted by atomic mass is 32.1. The van der Waals surface area contributed by atoms with Crippen LogP contribution in [0.25, 0.3) is 32.9 Å². The Bertz CT molecular complexity index is 1060. The van der Waals surface area contributed by atoms with Crippen LogP contribution in [0, 0.1) is 6.92 Å². The number of aryl methyl sites for hydroxylation is 1. The Morgan fingerprint density at radius 3 is 2.48 bits per heavy atom. The molecule has 122 valence electrons. The Morgan fingerprint density at radius 2 is 1.68 bits per heavy atom. The summed E-state index contributed by atoms with van der Waals surface area (Å²) in [4.78, 5) is 4.73. The number of aromatic nitrogens is 1. The highest BCUT2D eigenvalue weighted by Gasteiger charge is 2.06. The van der Waals surface area contributed by atoms with Gasteiger partial charge in [0.25, 0.3) is 0 Å². The number of hydrogen-bond donors (Lipinski definition) is 1. The van der Waals surface area contributed by atoms with E-state index in [1.165, 1.54) is 10.3 Å². The van der Waals surface area contributed by atoms with E-state index in [2.05, 4.69) is 49.4 Å². The molecule has 0 atom stereocenters. The van der Waals surface area contributed by atoms with Gasteiger partial charge < -0.3 is 5.11 Å². The van der Waals surface area contributed by atoms with Crippen molar-refractivity contribution >= 4 is 33.7 Å². The predicted octanol–water partition coefficient (Wildman–Crippen LogP) is 6.15. The molecule has 1 aromatic heterocycles. The summed E-state index contributed by atoms with van der Waals surface area (Å²) < 4.78 is 1.22. The van der Waals surface area contributed by atoms with E-state index in [0.29, 0.717) is 0 Å². The first-order chi connectivity index (χ1) is 12.2. The van der Waals surface area contributed by atoms with Gasteiger partial charge in [0.1, 0.15) is 10.8 Å². The standard InChI is InChI=1S/C22H17NOS/c1-15-5-12-20-21(13-15)25-22(23-20)18-10-8-16(9-11-18)6-7-17-3-2-4-19(24)14-17/h2-14,24H,1H3/b7-6+. The number of fused-ring (bicyclic) bond motifs is 1. The molecule has 1 N–H and O–H groups in total.